The van der Waals surface area contributed by atoms with Crippen molar-refractivity contribution in [2.24, 2.45) is 11.3 Å². The third kappa shape index (κ3) is 7.02. The molecule has 1 aromatic rings. The summed E-state index contributed by atoms with van der Waals surface area (Å²) in [5.74, 6) is -3.58. The van der Waals surface area contributed by atoms with Gasteiger partial charge in [-0.1, -0.05) is 18.2 Å². The number of nitrogens with one attached hydrogen (secondary N) is 2. The van der Waals surface area contributed by atoms with Crippen molar-refractivity contribution in [1.82, 2.24) is 15.5 Å². The van der Waals surface area contributed by atoms with Gasteiger partial charge in [-0.05, 0) is 63.0 Å². The lowest BCUT2D eigenvalue weighted by atomic mass is 9.82. The maximum atomic E-state index is 13.8. The molecule has 1 spiro atoms. The molecule has 41 heavy (non-hydrogen) atoms. The van der Waals surface area contributed by atoms with Crippen LogP contribution in [-0.2, 0) is 35.5 Å². The van der Waals surface area contributed by atoms with Crippen molar-refractivity contribution in [2.45, 2.75) is 76.0 Å². The number of hydrogen-bond acceptors (Lipinski definition) is 5. The summed E-state index contributed by atoms with van der Waals surface area (Å²) in [6.07, 6.45) is -7.98. The molecule has 0 bridgehead atoms. The largest absolute Gasteiger partial charge is 0.522 e. The number of benzene rings is 1. The third-order valence-corrected chi connectivity index (χ3v) is 8.24. The molecule has 4 rings (SSSR count). The minimum atomic E-state index is -5.09. The second kappa shape index (κ2) is 10.9. The van der Waals surface area contributed by atoms with E-state index in [4.69, 9.17) is 0 Å². The van der Waals surface area contributed by atoms with Gasteiger partial charge in [-0.15, -0.1) is 13.2 Å². The highest BCUT2D eigenvalue weighted by atomic mass is 19.4. The molecule has 1 saturated carbocycles. The molecular weight excluding hydrogens is 560 g/mol. The van der Waals surface area contributed by atoms with E-state index in [-0.39, 0.29) is 30.4 Å². The van der Waals surface area contributed by atoms with Crippen LogP contribution in [0.1, 0.15) is 57.1 Å². The fraction of sp³-hybridized carbons (Fsp3) is 0.630. The Morgan fingerprint density at radius 2 is 1.78 bits per heavy atom. The highest BCUT2D eigenvalue weighted by molar-refractivity contribution is 5.96. The van der Waals surface area contributed by atoms with Crippen molar-refractivity contribution in [2.75, 3.05) is 19.7 Å². The average Bonchev–Trinajstić information content (AvgIpc) is 3.35. The van der Waals surface area contributed by atoms with E-state index in [2.05, 4.69) is 15.4 Å². The number of rotatable bonds is 9. The Kier molecular flexibility index (Phi) is 8.20. The topological polar surface area (TPSA) is 105 Å². The van der Waals surface area contributed by atoms with Crippen molar-refractivity contribution in [3.8, 4) is 0 Å². The molecule has 3 amide bonds. The van der Waals surface area contributed by atoms with Crippen LogP contribution < -0.4 is 10.6 Å². The zero-order valence-electron chi connectivity index (χ0n) is 22.5. The zero-order chi connectivity index (χ0) is 30.4. The van der Waals surface area contributed by atoms with E-state index in [1.54, 1.807) is 0 Å². The fourth-order valence-electron chi connectivity index (χ4n) is 5.56. The van der Waals surface area contributed by atoms with Crippen molar-refractivity contribution in [1.29, 1.82) is 0 Å². The first-order valence-electron chi connectivity index (χ1n) is 13.2. The molecule has 1 aliphatic carbocycles. The number of carbonyl (C=O) groups is 4. The molecule has 8 nitrogen and oxygen atoms in total. The summed E-state index contributed by atoms with van der Waals surface area (Å²) in [6.45, 7) is 2.03. The number of halogens is 6. The Balaban J connectivity index is 1.55. The van der Waals surface area contributed by atoms with Gasteiger partial charge in [0.15, 0.2) is 5.78 Å². The Labute approximate surface area is 232 Å². The number of Topliss-reactive ketones (excluding diaryl/α,β-unsaturated/α-hetero) is 1. The van der Waals surface area contributed by atoms with Crippen LogP contribution in [0.5, 0.6) is 0 Å². The first-order chi connectivity index (χ1) is 18.9. The highest BCUT2D eigenvalue weighted by Crippen LogP contribution is 2.55. The van der Waals surface area contributed by atoms with E-state index >= 15 is 0 Å². The number of carbonyl (C=O) groups excluding carboxylic acids is 4. The maximum absolute atomic E-state index is 13.8. The Morgan fingerprint density at radius 1 is 1.12 bits per heavy atom. The van der Waals surface area contributed by atoms with E-state index in [0.717, 1.165) is 12.1 Å². The monoisotopic (exact) mass is 591 g/mol. The minimum absolute atomic E-state index is 0.0952. The molecule has 2 aliphatic heterocycles. The van der Waals surface area contributed by atoms with Crippen LogP contribution in [0.2, 0.25) is 0 Å². The van der Waals surface area contributed by atoms with Gasteiger partial charge in [0.2, 0.25) is 17.7 Å². The summed E-state index contributed by atoms with van der Waals surface area (Å²) < 4.78 is 81.5. The molecule has 3 atom stereocenters. The first kappa shape index (κ1) is 30.8. The lowest BCUT2D eigenvalue weighted by Crippen LogP contribution is -2.54. The van der Waals surface area contributed by atoms with Gasteiger partial charge in [0.1, 0.15) is 12.6 Å². The molecule has 1 aromatic carbocycles. The van der Waals surface area contributed by atoms with E-state index in [0.29, 0.717) is 25.8 Å². The summed E-state index contributed by atoms with van der Waals surface area (Å²) in [6, 6.07) is 1.78. The van der Waals surface area contributed by atoms with Crippen LogP contribution >= 0.6 is 0 Å². The molecule has 2 saturated heterocycles. The van der Waals surface area contributed by atoms with Crippen LogP contribution in [-0.4, -0.2) is 66.5 Å². The van der Waals surface area contributed by atoms with E-state index < -0.39 is 71.6 Å². The molecular formula is C27H31F6N3O5. The van der Waals surface area contributed by atoms with Gasteiger partial charge in [-0.3, -0.25) is 23.9 Å². The van der Waals surface area contributed by atoms with Crippen LogP contribution in [0.4, 0.5) is 26.3 Å². The Bertz CT molecular complexity index is 1210. The summed E-state index contributed by atoms with van der Waals surface area (Å²) in [5, 5.41) is 5.02. The zero-order valence-corrected chi connectivity index (χ0v) is 22.5. The minimum Gasteiger partial charge on any atom is -0.356 e. The van der Waals surface area contributed by atoms with Gasteiger partial charge < -0.3 is 15.5 Å². The third-order valence-electron chi connectivity index (χ3n) is 8.24. The maximum Gasteiger partial charge on any atom is 0.522 e. The van der Waals surface area contributed by atoms with Crippen LogP contribution in [0, 0.1) is 11.3 Å². The number of likely N-dealkylation sites (tertiary alicyclic amines) is 1. The molecule has 226 valence electrons. The quantitative estimate of drug-likeness (QED) is 0.428. The summed E-state index contributed by atoms with van der Waals surface area (Å²) >= 11 is 0. The average molecular weight is 592 g/mol. The number of hydrogen-bond donors (Lipinski definition) is 2. The molecule has 2 N–H and O–H groups in total. The van der Waals surface area contributed by atoms with Gasteiger partial charge in [0, 0.05) is 19.0 Å². The van der Waals surface area contributed by atoms with Gasteiger partial charge in [0.25, 0.3) is 0 Å². The smallest absolute Gasteiger partial charge is 0.356 e. The Hall–Kier alpha value is -3.16. The number of ketones is 1. The number of ether oxygens (including phenoxy) is 1. The normalized spacial score (nSPS) is 22.9. The van der Waals surface area contributed by atoms with E-state index in [1.807, 2.05) is 0 Å². The first-order valence-corrected chi connectivity index (χ1v) is 13.2. The predicted octanol–water partition coefficient (Wildman–Crippen LogP) is 3.48. The molecule has 14 heteroatoms. The Morgan fingerprint density at radius 3 is 2.34 bits per heavy atom. The van der Waals surface area contributed by atoms with Crippen molar-refractivity contribution >= 4 is 23.5 Å². The van der Waals surface area contributed by atoms with Gasteiger partial charge in [-0.2, -0.15) is 13.2 Å². The predicted molar refractivity (Wildman–Crippen MR) is 131 cm³/mol. The number of alkyl halides is 6. The lowest BCUT2D eigenvalue weighted by Gasteiger charge is -2.34. The van der Waals surface area contributed by atoms with Crippen LogP contribution in [0.15, 0.2) is 24.3 Å². The molecule has 2 heterocycles. The summed E-state index contributed by atoms with van der Waals surface area (Å²) in [5.41, 5.74) is -2.65. The fourth-order valence-corrected chi connectivity index (χ4v) is 5.56. The van der Waals surface area contributed by atoms with Gasteiger partial charge in [-0.25, -0.2) is 0 Å². The second-order valence-corrected chi connectivity index (χ2v) is 11.6. The van der Waals surface area contributed by atoms with Gasteiger partial charge in [0.05, 0.1) is 17.0 Å². The summed E-state index contributed by atoms with van der Waals surface area (Å²) in [7, 11) is 0. The highest BCUT2D eigenvalue weighted by Gasteiger charge is 2.57. The number of nitrogens with zero attached hydrogens (tertiary/aromatic N) is 1. The molecule has 0 radical (unpaired) electrons. The lowest BCUT2D eigenvalue weighted by molar-refractivity contribution is -0.321. The molecule has 3 unspecified atom stereocenters. The second-order valence-electron chi connectivity index (χ2n) is 11.6. The molecule has 0 aromatic heterocycles. The van der Waals surface area contributed by atoms with Crippen molar-refractivity contribution < 1.29 is 50.3 Å². The van der Waals surface area contributed by atoms with E-state index in [1.165, 1.54) is 30.9 Å². The molecule has 3 aliphatic rings. The SMILES string of the molecule is CC(C)(C(=O)N1CC2(CC2)CC1C(=O)NC(CC1CCNC1=O)C(=O)COC(F)(F)F)c1cccc(C(F)(F)F)c1. The van der Waals surface area contributed by atoms with Crippen molar-refractivity contribution in [3.05, 3.63) is 35.4 Å². The van der Waals surface area contributed by atoms with Crippen molar-refractivity contribution in [3.63, 3.8) is 0 Å². The van der Waals surface area contributed by atoms with Crippen LogP contribution in [0.3, 0.4) is 0 Å². The van der Waals surface area contributed by atoms with Gasteiger partial charge >= 0.3 is 12.5 Å². The van der Waals surface area contributed by atoms with Crippen LogP contribution in [0.25, 0.3) is 0 Å². The summed E-state index contributed by atoms with van der Waals surface area (Å²) in [4.78, 5) is 53.4. The molecule has 3 fully saturated rings. The number of amides is 3. The van der Waals surface area contributed by atoms with E-state index in [9.17, 15) is 45.5 Å². The standard InChI is InChI=1S/C27H31F6N3O5/c1-24(2,16-4-3-5-17(11-16)26(28,29)30)23(40)36-14-25(7-8-25)12-19(36)22(39)35-18(10-15-6-9-34-21(15)38)20(37)13-41-27(31,32)33/h3-5,11,15,18-19H,6-10,12-14H2,1-2H3,(H,34,38)(H,35,39).